The Balaban J connectivity index is 3.18. The van der Waals surface area contributed by atoms with E-state index in [4.69, 9.17) is 5.73 Å². The number of aromatic nitrogens is 2. The van der Waals surface area contributed by atoms with E-state index < -0.39 is 18.1 Å². The molecule has 0 aliphatic rings. The molecule has 0 aromatic carbocycles. The molecule has 0 saturated carbocycles. The fourth-order valence-corrected chi connectivity index (χ4v) is 0.702. The molecule has 5 nitrogen and oxygen atoms in total. The molecular weight excluding hydrogens is 165 g/mol. The first-order chi connectivity index (χ1) is 5.65. The molecule has 0 radical (unpaired) electrons. The minimum absolute atomic E-state index is 0.0999. The van der Waals surface area contributed by atoms with Gasteiger partial charge in [-0.3, -0.25) is 9.78 Å². The number of Topliss-reactive ketones (excluding diaryl/α,β-unsaturated/α-hetero) is 1. The molecule has 0 aliphatic carbocycles. The number of ketones is 1. The zero-order valence-corrected chi connectivity index (χ0v) is 6.00. The van der Waals surface area contributed by atoms with E-state index in [1.807, 2.05) is 0 Å². The van der Waals surface area contributed by atoms with Crippen molar-refractivity contribution >= 4 is 11.6 Å². The number of nitrogens with one attached hydrogen (secondary N) is 1. The van der Waals surface area contributed by atoms with Crippen molar-refractivity contribution in [3.05, 3.63) is 22.2 Å². The highest BCUT2D eigenvalue weighted by atomic mass is 19.1. The molecule has 12 heavy (non-hydrogen) atoms. The summed E-state index contributed by atoms with van der Waals surface area (Å²) in [7, 11) is 0. The first-order valence-corrected chi connectivity index (χ1v) is 3.09. The summed E-state index contributed by atoms with van der Waals surface area (Å²) in [5, 5.41) is 0. The van der Waals surface area contributed by atoms with Gasteiger partial charge in [0.2, 0.25) is 0 Å². The van der Waals surface area contributed by atoms with Crippen LogP contribution in [0.2, 0.25) is 0 Å². The first-order valence-electron chi connectivity index (χ1n) is 3.09. The Kier molecular flexibility index (Phi) is 2.18. The van der Waals surface area contributed by atoms with Crippen LogP contribution in [0.1, 0.15) is 10.4 Å². The maximum Gasteiger partial charge on any atom is 0.346 e. The third-order valence-electron chi connectivity index (χ3n) is 1.26. The largest absolute Gasteiger partial charge is 0.384 e. The third-order valence-corrected chi connectivity index (χ3v) is 1.26. The summed E-state index contributed by atoms with van der Waals surface area (Å²) in [4.78, 5) is 26.5. The summed E-state index contributed by atoms with van der Waals surface area (Å²) in [6, 6.07) is 0. The monoisotopic (exact) mass is 171 g/mol. The quantitative estimate of drug-likeness (QED) is 0.587. The van der Waals surface area contributed by atoms with Gasteiger partial charge in [-0.05, 0) is 0 Å². The van der Waals surface area contributed by atoms with Crippen LogP contribution in [0.5, 0.6) is 0 Å². The fraction of sp³-hybridized carbons (Fsp3) is 0.167. The van der Waals surface area contributed by atoms with Crippen molar-refractivity contribution in [2.24, 2.45) is 0 Å². The second kappa shape index (κ2) is 3.12. The molecule has 3 N–H and O–H groups in total. The summed E-state index contributed by atoms with van der Waals surface area (Å²) in [5.74, 6) is -0.950. The van der Waals surface area contributed by atoms with E-state index in [0.29, 0.717) is 0 Å². The number of hydrogen-bond acceptors (Lipinski definition) is 4. The van der Waals surface area contributed by atoms with E-state index in [1.54, 1.807) is 0 Å². The Morgan fingerprint density at radius 1 is 1.75 bits per heavy atom. The van der Waals surface area contributed by atoms with E-state index in [0.717, 1.165) is 6.20 Å². The maximum absolute atomic E-state index is 11.8. The number of alkyl halides is 1. The molecule has 6 heteroatoms. The van der Waals surface area contributed by atoms with Gasteiger partial charge in [0.1, 0.15) is 5.82 Å². The molecular formula is C6H6FN3O2. The van der Waals surface area contributed by atoms with Crippen LogP contribution < -0.4 is 11.4 Å². The van der Waals surface area contributed by atoms with E-state index in [2.05, 4.69) is 9.97 Å². The number of halogens is 1. The van der Waals surface area contributed by atoms with Crippen LogP contribution in [0.15, 0.2) is 11.0 Å². The Morgan fingerprint density at radius 2 is 2.42 bits per heavy atom. The molecule has 0 saturated heterocycles. The Labute approximate surface area is 66.4 Å². The number of carbonyl (C=O) groups excluding carboxylic acids is 1. The average molecular weight is 171 g/mol. The third kappa shape index (κ3) is 1.47. The number of carbonyl (C=O) groups is 1. The highest BCUT2D eigenvalue weighted by molar-refractivity contribution is 6.00. The molecule has 0 unspecified atom stereocenters. The van der Waals surface area contributed by atoms with Crippen molar-refractivity contribution < 1.29 is 9.18 Å². The summed E-state index contributed by atoms with van der Waals surface area (Å²) in [6.45, 7) is -1.15. The van der Waals surface area contributed by atoms with Gasteiger partial charge in [0.25, 0.3) is 0 Å². The second-order valence-corrected chi connectivity index (χ2v) is 2.07. The average Bonchev–Trinajstić information content (AvgIpc) is 2.03. The van der Waals surface area contributed by atoms with Gasteiger partial charge in [-0.1, -0.05) is 0 Å². The maximum atomic E-state index is 11.8. The molecule has 0 aliphatic heterocycles. The molecule has 0 fully saturated rings. The van der Waals surface area contributed by atoms with Crippen molar-refractivity contribution in [2.45, 2.75) is 0 Å². The van der Waals surface area contributed by atoms with Gasteiger partial charge in [0.15, 0.2) is 12.5 Å². The predicted octanol–water partition coefficient (Wildman–Crippen LogP) is -0.496. The van der Waals surface area contributed by atoms with E-state index in [1.165, 1.54) is 0 Å². The molecule has 0 bridgehead atoms. The Morgan fingerprint density at radius 3 is 2.92 bits per heavy atom. The predicted molar refractivity (Wildman–Crippen MR) is 39.6 cm³/mol. The molecule has 0 spiro atoms. The van der Waals surface area contributed by atoms with E-state index in [-0.39, 0.29) is 11.4 Å². The molecule has 0 amide bonds. The Bertz CT molecular complexity index is 360. The van der Waals surface area contributed by atoms with Crippen LogP contribution >= 0.6 is 0 Å². The van der Waals surface area contributed by atoms with Gasteiger partial charge in [-0.2, -0.15) is 0 Å². The van der Waals surface area contributed by atoms with Crippen molar-refractivity contribution in [1.29, 1.82) is 0 Å². The smallest absolute Gasteiger partial charge is 0.346 e. The fourth-order valence-electron chi connectivity index (χ4n) is 0.702. The number of nitrogens with two attached hydrogens (primary N) is 1. The zero-order chi connectivity index (χ0) is 9.14. The number of nitrogen functional groups attached to an aromatic ring is 1. The number of anilines is 1. The lowest BCUT2D eigenvalue weighted by Crippen LogP contribution is -2.17. The van der Waals surface area contributed by atoms with Crippen LogP contribution in [0.25, 0.3) is 0 Å². The number of hydrogen-bond donors (Lipinski definition) is 2. The highest BCUT2D eigenvalue weighted by Gasteiger charge is 2.09. The molecule has 0 atom stereocenters. The van der Waals surface area contributed by atoms with Gasteiger partial charge >= 0.3 is 5.69 Å². The van der Waals surface area contributed by atoms with E-state index in [9.17, 15) is 14.0 Å². The van der Waals surface area contributed by atoms with E-state index >= 15 is 0 Å². The number of nitrogens with zero attached hydrogens (tertiary/aromatic N) is 1. The lowest BCUT2D eigenvalue weighted by Gasteiger charge is -1.98. The highest BCUT2D eigenvalue weighted by Crippen LogP contribution is 2.04. The van der Waals surface area contributed by atoms with Crippen molar-refractivity contribution in [3.63, 3.8) is 0 Å². The van der Waals surface area contributed by atoms with Crippen LogP contribution in [-0.2, 0) is 0 Å². The lowest BCUT2D eigenvalue weighted by molar-refractivity contribution is 0.0959. The van der Waals surface area contributed by atoms with Gasteiger partial charge < -0.3 is 5.73 Å². The molecule has 64 valence electrons. The molecule has 1 aromatic rings. The summed E-state index contributed by atoms with van der Waals surface area (Å²) >= 11 is 0. The second-order valence-electron chi connectivity index (χ2n) is 2.07. The zero-order valence-electron chi connectivity index (χ0n) is 6.00. The minimum atomic E-state index is -1.15. The molecule has 1 heterocycles. The van der Waals surface area contributed by atoms with Gasteiger partial charge in [0.05, 0.1) is 5.56 Å². The van der Waals surface area contributed by atoms with Crippen molar-refractivity contribution in [1.82, 2.24) is 9.97 Å². The van der Waals surface area contributed by atoms with Gasteiger partial charge in [-0.15, -0.1) is 0 Å². The van der Waals surface area contributed by atoms with Gasteiger partial charge in [0, 0.05) is 6.20 Å². The standard InChI is InChI=1S/C6H6FN3O2/c7-1-4(11)3-2-9-6(12)10-5(3)8/h2H,1H2,(H3,8,9,10,12). The summed E-state index contributed by atoms with van der Waals surface area (Å²) < 4.78 is 11.8. The first kappa shape index (κ1) is 8.38. The van der Waals surface area contributed by atoms with Crippen LogP contribution in [0.4, 0.5) is 10.2 Å². The number of rotatable bonds is 2. The topological polar surface area (TPSA) is 88.8 Å². The Hall–Kier alpha value is -1.72. The molecule has 1 aromatic heterocycles. The van der Waals surface area contributed by atoms with Crippen LogP contribution in [0.3, 0.4) is 0 Å². The number of aromatic amines is 1. The minimum Gasteiger partial charge on any atom is -0.384 e. The summed E-state index contributed by atoms with van der Waals surface area (Å²) in [5.41, 5.74) is 4.45. The SMILES string of the molecule is Nc1[nH]c(=O)ncc1C(=O)CF. The molecule has 1 rings (SSSR count). The lowest BCUT2D eigenvalue weighted by atomic mass is 10.2. The van der Waals surface area contributed by atoms with Crippen LogP contribution in [-0.4, -0.2) is 22.4 Å². The number of H-pyrrole nitrogens is 1. The van der Waals surface area contributed by atoms with Gasteiger partial charge in [-0.25, -0.2) is 14.2 Å². The van der Waals surface area contributed by atoms with Crippen molar-refractivity contribution in [3.8, 4) is 0 Å². The van der Waals surface area contributed by atoms with Crippen molar-refractivity contribution in [2.75, 3.05) is 12.4 Å². The van der Waals surface area contributed by atoms with Crippen LogP contribution in [0, 0.1) is 0 Å². The summed E-state index contributed by atoms with van der Waals surface area (Å²) in [6.07, 6.45) is 0.954. The normalized spacial score (nSPS) is 9.75.